The molecule has 0 aliphatic carbocycles. The first-order valence-electron chi connectivity index (χ1n) is 6.01. The van der Waals surface area contributed by atoms with Crippen molar-refractivity contribution in [1.29, 1.82) is 0 Å². The summed E-state index contributed by atoms with van der Waals surface area (Å²) in [4.78, 5) is 11.7. The molecule has 0 saturated carbocycles. The van der Waals surface area contributed by atoms with Gasteiger partial charge in [0.15, 0.2) is 11.5 Å². The normalized spacial score (nSPS) is 12.3. The summed E-state index contributed by atoms with van der Waals surface area (Å²) >= 11 is 0. The number of benzene rings is 1. The molecule has 0 spiro atoms. The van der Waals surface area contributed by atoms with Gasteiger partial charge in [0, 0.05) is 0 Å². The molecule has 128 valence electrons. The summed E-state index contributed by atoms with van der Waals surface area (Å²) in [5, 5.41) is 0. The summed E-state index contributed by atoms with van der Waals surface area (Å²) in [6.45, 7) is 1.67. The first-order chi connectivity index (χ1) is 10.6. The summed E-state index contributed by atoms with van der Waals surface area (Å²) in [6.07, 6.45) is 3.12. The van der Waals surface area contributed by atoms with Crippen molar-refractivity contribution in [3.05, 3.63) is 29.3 Å². The van der Waals surface area contributed by atoms with E-state index in [0.29, 0.717) is 5.56 Å². The fraction of sp³-hybridized carbons (Fsp3) is 0.308. The van der Waals surface area contributed by atoms with E-state index in [2.05, 4.69) is 8.92 Å². The van der Waals surface area contributed by atoms with Gasteiger partial charge in [-0.1, -0.05) is 12.2 Å². The van der Waals surface area contributed by atoms with E-state index in [1.54, 1.807) is 13.0 Å². The Kier molecular flexibility index (Phi) is 5.65. The van der Waals surface area contributed by atoms with Crippen LogP contribution in [0.5, 0.6) is 11.5 Å². The zero-order chi connectivity index (χ0) is 17.8. The van der Waals surface area contributed by atoms with Gasteiger partial charge in [-0.15, -0.1) is 0 Å². The number of esters is 1. The second kappa shape index (κ2) is 6.90. The molecule has 0 unspecified atom stereocenters. The van der Waals surface area contributed by atoms with Crippen molar-refractivity contribution in [3.63, 3.8) is 0 Å². The summed E-state index contributed by atoms with van der Waals surface area (Å²) < 4.78 is 73.2. The summed E-state index contributed by atoms with van der Waals surface area (Å²) in [6, 6.07) is 2.34. The summed E-state index contributed by atoms with van der Waals surface area (Å²) in [5.74, 6) is -2.35. The van der Waals surface area contributed by atoms with Gasteiger partial charge in [-0.25, -0.2) is 4.79 Å². The Morgan fingerprint density at radius 1 is 1.22 bits per heavy atom. The molecule has 0 fully saturated rings. The van der Waals surface area contributed by atoms with Gasteiger partial charge in [0.05, 0.1) is 14.2 Å². The molecule has 0 bridgehead atoms. The third-order valence-electron chi connectivity index (χ3n) is 2.54. The molecule has 0 N–H and O–H groups in total. The number of allylic oxidation sites excluding steroid dienone is 1. The Balaban J connectivity index is 3.59. The summed E-state index contributed by atoms with van der Waals surface area (Å²) in [5.41, 5.74) is -5.80. The van der Waals surface area contributed by atoms with Gasteiger partial charge in [-0.3, -0.25) is 0 Å². The van der Waals surface area contributed by atoms with Crippen molar-refractivity contribution >= 4 is 22.2 Å². The maximum absolute atomic E-state index is 12.5. The molecule has 0 aliphatic rings. The predicted molar refractivity (Wildman–Crippen MR) is 74.6 cm³/mol. The highest BCUT2D eigenvalue weighted by molar-refractivity contribution is 7.88. The summed E-state index contributed by atoms with van der Waals surface area (Å²) in [7, 11) is -3.91. The fourth-order valence-electron chi connectivity index (χ4n) is 1.57. The third-order valence-corrected chi connectivity index (χ3v) is 3.49. The second-order valence-electron chi connectivity index (χ2n) is 4.07. The molecule has 6 nitrogen and oxygen atoms in total. The molecule has 0 saturated heterocycles. The van der Waals surface area contributed by atoms with Crippen molar-refractivity contribution in [1.82, 2.24) is 0 Å². The maximum Gasteiger partial charge on any atom is 0.534 e. The largest absolute Gasteiger partial charge is 0.534 e. The van der Waals surface area contributed by atoms with Gasteiger partial charge in [-0.05, 0) is 24.6 Å². The number of carbonyl (C=O) groups is 1. The van der Waals surface area contributed by atoms with Gasteiger partial charge >= 0.3 is 21.6 Å². The van der Waals surface area contributed by atoms with Crippen molar-refractivity contribution in [2.45, 2.75) is 12.4 Å². The van der Waals surface area contributed by atoms with Crippen LogP contribution in [0, 0.1) is 0 Å². The second-order valence-corrected chi connectivity index (χ2v) is 5.61. The van der Waals surface area contributed by atoms with E-state index < -0.39 is 32.9 Å². The zero-order valence-corrected chi connectivity index (χ0v) is 13.1. The van der Waals surface area contributed by atoms with E-state index in [4.69, 9.17) is 4.74 Å². The number of hydrogen-bond donors (Lipinski definition) is 0. The SMILES string of the molecule is C/C=C/c1cc(OC)c(OS(=O)(=O)C(F)(F)F)c(C(=O)OC)c1. The topological polar surface area (TPSA) is 78.9 Å². The number of alkyl halides is 3. The van der Waals surface area contributed by atoms with Gasteiger partial charge in [0.2, 0.25) is 0 Å². The van der Waals surface area contributed by atoms with E-state index in [-0.39, 0.29) is 5.75 Å². The molecule has 0 aromatic heterocycles. The number of halogens is 3. The van der Waals surface area contributed by atoms with Crippen LogP contribution in [0.25, 0.3) is 6.08 Å². The van der Waals surface area contributed by atoms with E-state index in [0.717, 1.165) is 20.3 Å². The average Bonchev–Trinajstić information content (AvgIpc) is 2.46. The van der Waals surface area contributed by atoms with Gasteiger partial charge in [0.25, 0.3) is 0 Å². The highest BCUT2D eigenvalue weighted by Gasteiger charge is 2.49. The van der Waals surface area contributed by atoms with Gasteiger partial charge in [0.1, 0.15) is 5.56 Å². The van der Waals surface area contributed by atoms with Crippen LogP contribution in [0.1, 0.15) is 22.8 Å². The molecule has 1 aromatic carbocycles. The van der Waals surface area contributed by atoms with E-state index in [1.165, 1.54) is 12.1 Å². The molecule has 1 rings (SSSR count). The lowest BCUT2D eigenvalue weighted by molar-refractivity contribution is -0.0501. The maximum atomic E-state index is 12.5. The van der Waals surface area contributed by atoms with Gasteiger partial charge in [-0.2, -0.15) is 21.6 Å². The molecule has 0 radical (unpaired) electrons. The highest BCUT2D eigenvalue weighted by atomic mass is 32.2. The van der Waals surface area contributed by atoms with Crippen molar-refractivity contribution < 1.29 is 40.0 Å². The molecular weight excluding hydrogens is 341 g/mol. The molecule has 0 atom stereocenters. The van der Waals surface area contributed by atoms with Crippen molar-refractivity contribution in [3.8, 4) is 11.5 Å². The third kappa shape index (κ3) is 4.15. The van der Waals surface area contributed by atoms with Crippen LogP contribution in [0.3, 0.4) is 0 Å². The average molecular weight is 354 g/mol. The molecule has 23 heavy (non-hydrogen) atoms. The van der Waals surface area contributed by atoms with Crippen LogP contribution in [0.4, 0.5) is 13.2 Å². The van der Waals surface area contributed by atoms with E-state index in [1.807, 2.05) is 0 Å². The number of hydrogen-bond acceptors (Lipinski definition) is 6. The standard InChI is InChI=1S/C13H13F3O6S/c1-4-5-8-6-9(12(17)21-3)11(10(7-8)20-2)22-23(18,19)13(14,15)16/h4-7H,1-3H3/b5-4+. The number of carbonyl (C=O) groups excluding carboxylic acids is 1. The van der Waals surface area contributed by atoms with Crippen LogP contribution in [-0.2, 0) is 14.9 Å². The van der Waals surface area contributed by atoms with Crippen LogP contribution >= 0.6 is 0 Å². The lowest BCUT2D eigenvalue weighted by atomic mass is 10.1. The first kappa shape index (κ1) is 18.8. The lowest BCUT2D eigenvalue weighted by Crippen LogP contribution is -2.29. The smallest absolute Gasteiger partial charge is 0.493 e. The molecule has 1 aromatic rings. The zero-order valence-electron chi connectivity index (χ0n) is 12.3. The minimum Gasteiger partial charge on any atom is -0.493 e. The molecule has 0 heterocycles. The quantitative estimate of drug-likeness (QED) is 0.460. The Labute approximate surface area is 130 Å². The van der Waals surface area contributed by atoms with Crippen LogP contribution in [0.2, 0.25) is 0 Å². The first-order valence-corrected chi connectivity index (χ1v) is 7.42. The monoisotopic (exact) mass is 354 g/mol. The van der Waals surface area contributed by atoms with Crippen molar-refractivity contribution in [2.75, 3.05) is 14.2 Å². The van der Waals surface area contributed by atoms with E-state index >= 15 is 0 Å². The van der Waals surface area contributed by atoms with Crippen molar-refractivity contribution in [2.24, 2.45) is 0 Å². The Hall–Kier alpha value is -2.23. The molecule has 0 aliphatic heterocycles. The number of rotatable bonds is 5. The Morgan fingerprint density at radius 3 is 2.26 bits per heavy atom. The number of methoxy groups -OCH3 is 2. The highest BCUT2D eigenvalue weighted by Crippen LogP contribution is 2.37. The minimum absolute atomic E-state index is 0.367. The Morgan fingerprint density at radius 2 is 1.83 bits per heavy atom. The molecule has 10 heteroatoms. The van der Waals surface area contributed by atoms with Crippen LogP contribution in [0.15, 0.2) is 18.2 Å². The number of ether oxygens (including phenoxy) is 2. The van der Waals surface area contributed by atoms with Gasteiger partial charge < -0.3 is 13.7 Å². The molecular formula is C13H13F3O6S. The van der Waals surface area contributed by atoms with E-state index in [9.17, 15) is 26.4 Å². The Bertz CT molecular complexity index is 722. The van der Waals surface area contributed by atoms with Crippen LogP contribution < -0.4 is 8.92 Å². The minimum atomic E-state index is -5.98. The molecule has 0 amide bonds. The fourth-order valence-corrected chi connectivity index (χ4v) is 2.05. The van der Waals surface area contributed by atoms with Crippen LogP contribution in [-0.4, -0.2) is 34.1 Å². The predicted octanol–water partition coefficient (Wildman–Crippen LogP) is 2.74. The lowest BCUT2D eigenvalue weighted by Gasteiger charge is -2.15.